The Hall–Kier alpha value is -0.854. The third-order valence-corrected chi connectivity index (χ3v) is 2.17. The number of halogens is 1. The van der Waals surface area contributed by atoms with Crippen LogP contribution in [0.15, 0.2) is 4.79 Å². The molecule has 1 heterocycles. The molecular weight excluding hydrogens is 289 g/mol. The van der Waals surface area contributed by atoms with Gasteiger partial charge in [0.15, 0.2) is 0 Å². The molecule has 0 spiro atoms. The minimum atomic E-state index is -0.921. The van der Waals surface area contributed by atoms with E-state index in [-0.39, 0.29) is 51.4 Å². The van der Waals surface area contributed by atoms with E-state index in [0.717, 1.165) is 0 Å². The Kier molecular flexibility index (Phi) is 6.59. The number of hydrogen-bond acceptors (Lipinski definition) is 5. The second kappa shape index (κ2) is 6.91. The molecule has 10 heteroatoms. The second-order valence-electron chi connectivity index (χ2n) is 2.80. The monoisotopic (exact) mass is 291 g/mol. The Morgan fingerprint density at radius 1 is 1.67 bits per heavy atom. The zero-order valence-electron chi connectivity index (χ0n) is 9.34. The van der Waals surface area contributed by atoms with Gasteiger partial charge in [0.2, 0.25) is 0 Å². The first-order valence-corrected chi connectivity index (χ1v) is 4.40. The van der Waals surface area contributed by atoms with Crippen LogP contribution in [0.4, 0.5) is 5.82 Å². The first-order chi connectivity index (χ1) is 7.93. The third-order valence-electron chi connectivity index (χ3n) is 1.82. The number of allylic oxidation sites excluding steroid dienone is 1. The molecule has 0 aliphatic rings. The van der Waals surface area contributed by atoms with Crippen molar-refractivity contribution < 1.29 is 56.3 Å². The molecule has 0 saturated heterocycles. The van der Waals surface area contributed by atoms with Crippen LogP contribution in [0.3, 0.4) is 0 Å². The minimum absolute atomic E-state index is 0. The van der Waals surface area contributed by atoms with Gasteiger partial charge >= 0.3 is 62.8 Å². The van der Waals surface area contributed by atoms with E-state index in [1.54, 1.807) is 0 Å². The van der Waals surface area contributed by atoms with Crippen LogP contribution in [-0.4, -0.2) is 20.6 Å². The molecule has 8 nitrogen and oxygen atoms in total. The zero-order chi connectivity index (χ0) is 13.2. The van der Waals surface area contributed by atoms with Crippen molar-refractivity contribution in [3.05, 3.63) is 36.5 Å². The number of aryl methyl sites for hydroxylation is 1. The molecule has 1 aromatic rings. The summed E-state index contributed by atoms with van der Waals surface area (Å²) in [6.07, 6.45) is 0. The Labute approximate surface area is 148 Å². The minimum Gasteiger partial charge on any atom is -0.762 e. The van der Waals surface area contributed by atoms with Gasteiger partial charge in [0.05, 0.1) is 17.7 Å². The standard InChI is InChI=1S/C8H3ClN5O3.K/c1-13-8(15)6(9)5(4(2-10)3-11)7(12-13)14(16)17;/h1H3;/q-1;+1. The van der Waals surface area contributed by atoms with Crippen LogP contribution < -0.4 is 56.9 Å². The summed E-state index contributed by atoms with van der Waals surface area (Å²) in [6, 6.07) is 1.43. The number of nitro groups is 1. The van der Waals surface area contributed by atoms with Crippen LogP contribution in [0.1, 0.15) is 5.56 Å². The van der Waals surface area contributed by atoms with Gasteiger partial charge in [-0.3, -0.25) is 4.79 Å². The summed E-state index contributed by atoms with van der Waals surface area (Å²) in [5, 5.41) is 30.8. The quantitative estimate of drug-likeness (QED) is 0.196. The average molecular weight is 292 g/mol. The predicted molar refractivity (Wildman–Crippen MR) is 58.5 cm³/mol. The van der Waals surface area contributed by atoms with E-state index in [1.165, 1.54) is 19.0 Å². The summed E-state index contributed by atoms with van der Waals surface area (Å²) in [4.78, 5) is 21.2. The van der Waals surface area contributed by atoms with E-state index < -0.39 is 32.5 Å². The molecule has 0 N–H and O–H groups in total. The summed E-state index contributed by atoms with van der Waals surface area (Å²) >= 11 is 5.60. The molecule has 0 saturated carbocycles. The van der Waals surface area contributed by atoms with Gasteiger partial charge in [-0.15, -0.1) is 4.68 Å². The van der Waals surface area contributed by atoms with Crippen molar-refractivity contribution in [2.45, 2.75) is 0 Å². The van der Waals surface area contributed by atoms with Crippen molar-refractivity contribution in [2.24, 2.45) is 7.05 Å². The smallest absolute Gasteiger partial charge is 0.762 e. The summed E-state index contributed by atoms with van der Waals surface area (Å²) in [7, 11) is 1.17. The normalized spacial score (nSPS) is 8.72. The Bertz CT molecular complexity index is 656. The summed E-state index contributed by atoms with van der Waals surface area (Å²) in [5.41, 5.74) is -2.01. The van der Waals surface area contributed by atoms with Gasteiger partial charge in [-0.1, -0.05) is 11.6 Å². The van der Waals surface area contributed by atoms with Gasteiger partial charge in [0.1, 0.15) is 16.7 Å². The van der Waals surface area contributed by atoms with Crippen LogP contribution in [0, 0.1) is 21.4 Å². The van der Waals surface area contributed by atoms with Crippen molar-refractivity contribution >= 4 is 28.9 Å². The first kappa shape index (κ1) is 17.1. The summed E-state index contributed by atoms with van der Waals surface area (Å²) < 4.78 is 0.663. The second-order valence-corrected chi connectivity index (χ2v) is 3.18. The van der Waals surface area contributed by atoms with Gasteiger partial charge in [0.25, 0.3) is 0 Å². The topological polar surface area (TPSA) is 124 Å². The molecule has 0 aliphatic carbocycles. The van der Waals surface area contributed by atoms with Gasteiger partial charge in [-0.2, -0.15) is 5.26 Å². The van der Waals surface area contributed by atoms with E-state index in [4.69, 9.17) is 22.3 Å². The van der Waals surface area contributed by atoms with Crippen LogP contribution in [0.25, 0.3) is 11.0 Å². The fourth-order valence-electron chi connectivity index (χ4n) is 1.07. The molecule has 86 valence electrons. The molecule has 0 atom stereocenters. The van der Waals surface area contributed by atoms with Crippen molar-refractivity contribution in [2.75, 3.05) is 0 Å². The van der Waals surface area contributed by atoms with E-state index in [9.17, 15) is 14.9 Å². The number of aromatic nitrogens is 2. The van der Waals surface area contributed by atoms with E-state index in [1.807, 2.05) is 0 Å². The summed E-state index contributed by atoms with van der Waals surface area (Å²) in [5.74, 6) is 0.619. The first-order valence-electron chi connectivity index (χ1n) is 4.02. The molecule has 0 unspecified atom stereocenters. The van der Waals surface area contributed by atoms with E-state index in [2.05, 4.69) is 5.10 Å². The van der Waals surface area contributed by atoms with Crippen LogP contribution in [0.2, 0.25) is 5.02 Å². The maximum atomic E-state index is 11.4. The molecular formula is C8H3ClKN5O3. The molecule has 0 aromatic carbocycles. The zero-order valence-corrected chi connectivity index (χ0v) is 13.2. The van der Waals surface area contributed by atoms with Crippen molar-refractivity contribution in [1.29, 1.82) is 5.26 Å². The Morgan fingerprint density at radius 3 is 2.61 bits per heavy atom. The van der Waals surface area contributed by atoms with Crippen LogP contribution in [0.5, 0.6) is 0 Å². The van der Waals surface area contributed by atoms with Crippen LogP contribution in [-0.2, 0) is 7.05 Å². The fraction of sp³-hybridized carbons (Fsp3) is 0.125. The molecule has 18 heavy (non-hydrogen) atoms. The number of nitriles is 1. The van der Waals surface area contributed by atoms with Gasteiger partial charge < -0.3 is 15.5 Å². The molecule has 0 fully saturated rings. The van der Waals surface area contributed by atoms with E-state index >= 15 is 0 Å². The summed E-state index contributed by atoms with van der Waals surface area (Å²) in [6.45, 7) is 0. The molecule has 0 amide bonds. The molecule has 1 aromatic heterocycles. The maximum Gasteiger partial charge on any atom is 1.00 e. The Morgan fingerprint density at radius 2 is 2.22 bits per heavy atom. The van der Waals surface area contributed by atoms with Crippen molar-refractivity contribution in [1.82, 2.24) is 9.78 Å². The number of nitrogens with zero attached hydrogens (tertiary/aromatic N) is 5. The number of hydrogen-bond donors (Lipinski definition) is 0. The fourth-order valence-corrected chi connectivity index (χ4v) is 1.37. The molecule has 0 bridgehead atoms. The van der Waals surface area contributed by atoms with Gasteiger partial charge in [-0.25, -0.2) is 5.87 Å². The van der Waals surface area contributed by atoms with Crippen LogP contribution >= 0.6 is 11.6 Å². The SMILES string of the molecule is Cn1nc([N+](=O)[O-])c(C(=C=[N-])C#N)c(Cl)c1=O.[K+]. The van der Waals surface area contributed by atoms with Gasteiger partial charge in [0, 0.05) is 0 Å². The van der Waals surface area contributed by atoms with Crippen molar-refractivity contribution in [3.63, 3.8) is 0 Å². The average Bonchev–Trinajstić information content (AvgIpc) is 2.29. The van der Waals surface area contributed by atoms with Gasteiger partial charge in [-0.05, 0) is 4.92 Å². The number of rotatable bonds is 2. The predicted octanol–water partition coefficient (Wildman–Crippen LogP) is -2.51. The van der Waals surface area contributed by atoms with Crippen molar-refractivity contribution in [3.8, 4) is 6.07 Å². The molecule has 0 radical (unpaired) electrons. The maximum absolute atomic E-state index is 11.4. The molecule has 1 rings (SSSR count). The van der Waals surface area contributed by atoms with E-state index in [0.29, 0.717) is 4.68 Å². The molecule has 0 aliphatic heterocycles. The largest absolute Gasteiger partial charge is 1.00 e. The Balaban J connectivity index is 0.00000289. The third kappa shape index (κ3) is 3.12.